The van der Waals surface area contributed by atoms with Gasteiger partial charge in [0.1, 0.15) is 0 Å². The lowest BCUT2D eigenvalue weighted by Gasteiger charge is -2.21. The molecule has 1 heterocycles. The topological polar surface area (TPSA) is 81.7 Å². The molecule has 7 heteroatoms. The molecule has 2 aromatic carbocycles. The lowest BCUT2D eigenvalue weighted by Crippen LogP contribution is -2.34. The van der Waals surface area contributed by atoms with E-state index in [1.54, 1.807) is 36.4 Å². The van der Waals surface area contributed by atoms with Crippen LogP contribution < -0.4 is 14.8 Å². The van der Waals surface area contributed by atoms with Crippen LogP contribution in [-0.2, 0) is 14.6 Å². The third-order valence-corrected chi connectivity index (χ3v) is 6.62. The van der Waals surface area contributed by atoms with Crippen LogP contribution in [0.3, 0.4) is 0 Å². The summed E-state index contributed by atoms with van der Waals surface area (Å²) in [7, 11) is -3.48. The zero-order chi connectivity index (χ0) is 18.9. The number of ether oxygens (including phenoxy) is 2. The van der Waals surface area contributed by atoms with E-state index in [0.29, 0.717) is 17.2 Å². The zero-order valence-corrected chi connectivity index (χ0v) is 15.6. The molecule has 0 unspecified atom stereocenters. The molecule has 0 bridgehead atoms. The molecule has 2 aliphatic rings. The molecule has 1 N–H and O–H groups in total. The van der Waals surface area contributed by atoms with Crippen LogP contribution in [-0.4, -0.2) is 25.9 Å². The normalized spacial score (nSPS) is 17.2. The van der Waals surface area contributed by atoms with E-state index in [1.165, 1.54) is 12.1 Å². The Morgan fingerprint density at radius 1 is 1.00 bits per heavy atom. The number of carbonyl (C=O) groups excluding carboxylic acids is 1. The van der Waals surface area contributed by atoms with E-state index < -0.39 is 15.6 Å². The maximum atomic E-state index is 12.3. The molecule has 0 saturated heterocycles. The van der Waals surface area contributed by atoms with Crippen LogP contribution >= 0.6 is 0 Å². The van der Waals surface area contributed by atoms with Crippen molar-refractivity contribution in [2.75, 3.05) is 11.1 Å². The number of carbonyl (C=O) groups is 1. The maximum Gasteiger partial charge on any atom is 0.251 e. The summed E-state index contributed by atoms with van der Waals surface area (Å²) in [6, 6.07) is 13.4. The molecular weight excluding hydrogens is 366 g/mol. The first-order chi connectivity index (χ1) is 13.0. The Kier molecular flexibility index (Phi) is 4.55. The summed E-state index contributed by atoms with van der Waals surface area (Å²) in [6.07, 6.45) is 3.76. The molecule has 142 valence electrons. The first-order valence-corrected chi connectivity index (χ1v) is 10.7. The van der Waals surface area contributed by atoms with Crippen molar-refractivity contribution in [2.24, 2.45) is 0 Å². The van der Waals surface area contributed by atoms with E-state index in [-0.39, 0.29) is 23.0 Å². The van der Waals surface area contributed by atoms with E-state index in [4.69, 9.17) is 9.47 Å². The molecule has 4 rings (SSSR count). The summed E-state index contributed by atoms with van der Waals surface area (Å²) >= 11 is 0. The number of hydrogen-bond acceptors (Lipinski definition) is 5. The lowest BCUT2D eigenvalue weighted by molar-refractivity contribution is -0.115. The number of nitrogens with one attached hydrogen (secondary N) is 1. The zero-order valence-electron chi connectivity index (χ0n) is 14.8. The predicted octanol–water partition coefficient (Wildman–Crippen LogP) is 3.53. The highest BCUT2D eigenvalue weighted by atomic mass is 32.2. The Hall–Kier alpha value is -2.54. The molecule has 0 radical (unpaired) electrons. The predicted molar refractivity (Wildman–Crippen MR) is 101 cm³/mol. The minimum absolute atomic E-state index is 0.115. The van der Waals surface area contributed by atoms with Crippen molar-refractivity contribution in [3.63, 3.8) is 0 Å². The van der Waals surface area contributed by atoms with Crippen molar-refractivity contribution >= 4 is 21.4 Å². The minimum atomic E-state index is -3.48. The molecule has 1 spiro atoms. The first-order valence-electron chi connectivity index (χ1n) is 9.06. The van der Waals surface area contributed by atoms with E-state index in [0.717, 1.165) is 25.7 Å². The number of anilines is 1. The highest BCUT2D eigenvalue weighted by Crippen LogP contribution is 2.47. The number of sulfone groups is 1. The molecule has 1 fully saturated rings. The number of hydrogen-bond donors (Lipinski definition) is 1. The Bertz CT molecular complexity index is 950. The molecule has 0 atom stereocenters. The van der Waals surface area contributed by atoms with Crippen molar-refractivity contribution in [1.29, 1.82) is 0 Å². The monoisotopic (exact) mass is 387 g/mol. The fourth-order valence-electron chi connectivity index (χ4n) is 3.49. The van der Waals surface area contributed by atoms with Gasteiger partial charge in [0, 0.05) is 31.0 Å². The molecule has 1 amide bonds. The molecule has 6 nitrogen and oxygen atoms in total. The van der Waals surface area contributed by atoms with Gasteiger partial charge in [0.2, 0.25) is 5.91 Å². The van der Waals surface area contributed by atoms with Gasteiger partial charge in [-0.2, -0.15) is 0 Å². The van der Waals surface area contributed by atoms with Crippen molar-refractivity contribution in [2.45, 2.75) is 42.8 Å². The molecule has 1 saturated carbocycles. The number of benzene rings is 2. The summed E-state index contributed by atoms with van der Waals surface area (Å²) < 4.78 is 36.5. The van der Waals surface area contributed by atoms with Gasteiger partial charge in [0.15, 0.2) is 21.3 Å². The molecule has 1 aliphatic carbocycles. The van der Waals surface area contributed by atoms with Gasteiger partial charge < -0.3 is 14.8 Å². The van der Waals surface area contributed by atoms with Gasteiger partial charge in [-0.3, -0.25) is 4.79 Å². The molecule has 27 heavy (non-hydrogen) atoms. The van der Waals surface area contributed by atoms with E-state index in [1.807, 2.05) is 0 Å². The van der Waals surface area contributed by atoms with Crippen LogP contribution in [0.25, 0.3) is 0 Å². The van der Waals surface area contributed by atoms with Crippen LogP contribution in [0.15, 0.2) is 53.4 Å². The standard InChI is InChI=1S/C20H21NO5S/c22-19(10-13-27(23,24)16-6-2-1-3-7-16)21-15-8-9-17-18(14-15)26-20(25-17)11-4-5-12-20/h1-3,6-9,14H,4-5,10-13H2,(H,21,22). The smallest absolute Gasteiger partial charge is 0.251 e. The number of fused-ring (bicyclic) bond motifs is 1. The van der Waals surface area contributed by atoms with E-state index in [9.17, 15) is 13.2 Å². The Morgan fingerprint density at radius 2 is 1.70 bits per heavy atom. The molecular formula is C20H21NO5S. The quantitative estimate of drug-likeness (QED) is 0.849. The van der Waals surface area contributed by atoms with E-state index >= 15 is 0 Å². The van der Waals surface area contributed by atoms with Gasteiger partial charge in [-0.25, -0.2) is 8.42 Å². The SMILES string of the molecule is O=C(CCS(=O)(=O)c1ccccc1)Nc1ccc2c(c1)OC1(CCCC1)O2. The molecule has 2 aromatic rings. The minimum Gasteiger partial charge on any atom is -0.448 e. The van der Waals surface area contributed by atoms with Gasteiger partial charge >= 0.3 is 0 Å². The lowest BCUT2D eigenvalue weighted by atomic mass is 10.2. The van der Waals surface area contributed by atoms with Crippen molar-refractivity contribution in [3.8, 4) is 11.5 Å². The van der Waals surface area contributed by atoms with Crippen LogP contribution in [0.2, 0.25) is 0 Å². The summed E-state index contributed by atoms with van der Waals surface area (Å²) in [4.78, 5) is 12.4. The van der Waals surface area contributed by atoms with Gasteiger partial charge in [-0.15, -0.1) is 0 Å². The van der Waals surface area contributed by atoms with Crippen LogP contribution in [0, 0.1) is 0 Å². The van der Waals surface area contributed by atoms with Crippen LogP contribution in [0.5, 0.6) is 11.5 Å². The summed E-state index contributed by atoms with van der Waals surface area (Å²) in [5.74, 6) is 0.155. The molecule has 1 aliphatic heterocycles. The average Bonchev–Trinajstić information content (AvgIpc) is 3.26. The second-order valence-electron chi connectivity index (χ2n) is 6.91. The number of amides is 1. The summed E-state index contributed by atoms with van der Waals surface area (Å²) in [5.41, 5.74) is 0.564. The van der Waals surface area contributed by atoms with Gasteiger partial charge in [0.05, 0.1) is 10.6 Å². The average molecular weight is 387 g/mol. The van der Waals surface area contributed by atoms with Gasteiger partial charge in [0.25, 0.3) is 5.79 Å². The molecule has 0 aromatic heterocycles. The van der Waals surface area contributed by atoms with E-state index in [2.05, 4.69) is 5.32 Å². The highest BCUT2D eigenvalue weighted by molar-refractivity contribution is 7.91. The van der Waals surface area contributed by atoms with Crippen molar-refractivity contribution < 1.29 is 22.7 Å². The third kappa shape index (κ3) is 3.78. The first kappa shape index (κ1) is 17.9. The highest BCUT2D eigenvalue weighted by Gasteiger charge is 2.44. The third-order valence-electron chi connectivity index (χ3n) is 4.88. The fourth-order valence-corrected chi connectivity index (χ4v) is 4.75. The van der Waals surface area contributed by atoms with Gasteiger partial charge in [-0.1, -0.05) is 18.2 Å². The van der Waals surface area contributed by atoms with Crippen LogP contribution in [0.4, 0.5) is 5.69 Å². The Labute approximate surface area is 158 Å². The Balaban J connectivity index is 1.37. The summed E-state index contributed by atoms with van der Waals surface area (Å²) in [6.45, 7) is 0. The van der Waals surface area contributed by atoms with Gasteiger partial charge in [-0.05, 0) is 37.1 Å². The Morgan fingerprint density at radius 3 is 2.44 bits per heavy atom. The maximum absolute atomic E-state index is 12.3. The second-order valence-corrected chi connectivity index (χ2v) is 9.02. The van der Waals surface area contributed by atoms with Crippen molar-refractivity contribution in [3.05, 3.63) is 48.5 Å². The van der Waals surface area contributed by atoms with Crippen molar-refractivity contribution in [1.82, 2.24) is 0 Å². The summed E-state index contributed by atoms with van der Waals surface area (Å²) in [5, 5.41) is 2.74. The number of rotatable bonds is 5. The second kappa shape index (κ2) is 6.88. The fraction of sp³-hybridized carbons (Fsp3) is 0.350. The largest absolute Gasteiger partial charge is 0.448 e. The van der Waals surface area contributed by atoms with Crippen LogP contribution in [0.1, 0.15) is 32.1 Å².